The monoisotopic (exact) mass is 423 g/mol. The van der Waals surface area contributed by atoms with E-state index < -0.39 is 10.0 Å². The Bertz CT molecular complexity index is 925. The third-order valence-electron chi connectivity index (χ3n) is 4.36. The molecule has 0 spiro atoms. The zero-order chi connectivity index (χ0) is 20.4. The quantitative estimate of drug-likeness (QED) is 0.798. The summed E-state index contributed by atoms with van der Waals surface area (Å²) >= 11 is 1.39. The van der Waals surface area contributed by atoms with Gasteiger partial charge in [-0.2, -0.15) is 4.31 Å². The third kappa shape index (κ3) is 4.78. The van der Waals surface area contributed by atoms with Crippen molar-refractivity contribution in [3.63, 3.8) is 0 Å². The Morgan fingerprint density at radius 3 is 2.43 bits per heavy atom. The fourth-order valence-corrected chi connectivity index (χ4v) is 5.01. The first kappa shape index (κ1) is 20.9. The fraction of sp³-hybridized carbons (Fsp3) is 0.474. The van der Waals surface area contributed by atoms with Crippen molar-refractivity contribution in [3.05, 3.63) is 45.9 Å². The Labute approximate surface area is 169 Å². The van der Waals surface area contributed by atoms with E-state index in [0.717, 1.165) is 10.6 Å². The van der Waals surface area contributed by atoms with Crippen LogP contribution in [0.2, 0.25) is 0 Å². The number of sulfonamides is 1. The molecule has 1 aliphatic heterocycles. The summed E-state index contributed by atoms with van der Waals surface area (Å²) in [5.74, 6) is -0.182. The highest BCUT2D eigenvalue weighted by Gasteiger charge is 2.26. The molecule has 1 fully saturated rings. The molecule has 0 saturated carbocycles. The summed E-state index contributed by atoms with van der Waals surface area (Å²) in [5.41, 5.74) is 0.736. The predicted molar refractivity (Wildman–Crippen MR) is 108 cm³/mol. The molecule has 0 bridgehead atoms. The Morgan fingerprint density at radius 1 is 1.21 bits per heavy atom. The van der Waals surface area contributed by atoms with Gasteiger partial charge in [0.15, 0.2) is 0 Å². The molecule has 152 valence electrons. The van der Waals surface area contributed by atoms with Gasteiger partial charge in [0, 0.05) is 25.0 Å². The predicted octanol–water partition coefficient (Wildman–Crippen LogP) is 2.39. The van der Waals surface area contributed by atoms with Crippen molar-refractivity contribution in [2.75, 3.05) is 26.3 Å². The number of aromatic nitrogens is 1. The van der Waals surface area contributed by atoms with Crippen LogP contribution >= 0.6 is 11.3 Å². The zero-order valence-corrected chi connectivity index (χ0v) is 17.9. The number of nitrogens with one attached hydrogen (secondary N) is 1. The summed E-state index contributed by atoms with van der Waals surface area (Å²) in [4.78, 5) is 17.5. The normalized spacial score (nSPS) is 16.1. The van der Waals surface area contributed by atoms with Gasteiger partial charge in [0.1, 0.15) is 4.88 Å². The third-order valence-corrected chi connectivity index (χ3v) is 7.69. The first-order valence-corrected chi connectivity index (χ1v) is 11.3. The summed E-state index contributed by atoms with van der Waals surface area (Å²) < 4.78 is 31.9. The van der Waals surface area contributed by atoms with E-state index in [1.807, 2.05) is 0 Å². The highest BCUT2D eigenvalue weighted by molar-refractivity contribution is 7.89. The number of hydrogen-bond donors (Lipinski definition) is 1. The molecule has 1 aromatic carbocycles. The van der Waals surface area contributed by atoms with E-state index in [2.05, 4.69) is 31.1 Å². The molecule has 1 N–H and O–H groups in total. The number of nitrogens with zero attached hydrogens (tertiary/aromatic N) is 2. The minimum absolute atomic E-state index is 0.0923. The van der Waals surface area contributed by atoms with Crippen LogP contribution in [-0.4, -0.2) is 49.9 Å². The van der Waals surface area contributed by atoms with Crippen molar-refractivity contribution >= 4 is 27.3 Å². The summed E-state index contributed by atoms with van der Waals surface area (Å²) in [6.07, 6.45) is 1.60. The highest BCUT2D eigenvalue weighted by Crippen LogP contribution is 2.26. The lowest BCUT2D eigenvalue weighted by Crippen LogP contribution is -2.40. The van der Waals surface area contributed by atoms with Gasteiger partial charge in [0.25, 0.3) is 5.91 Å². The standard InChI is InChI=1S/C19H25N3O4S2/c1-19(2,3)18-21-13-16(27-18)17(23)20-12-14-4-6-15(7-5-14)28(24,25)22-8-10-26-11-9-22/h4-7,13H,8-12H2,1-3H3,(H,20,23). The average molecular weight is 424 g/mol. The largest absolute Gasteiger partial charge is 0.379 e. The molecule has 0 radical (unpaired) electrons. The van der Waals surface area contributed by atoms with Crippen molar-refractivity contribution in [3.8, 4) is 0 Å². The summed E-state index contributed by atoms with van der Waals surface area (Å²) in [6, 6.07) is 6.61. The number of thiazole rings is 1. The van der Waals surface area contributed by atoms with Gasteiger partial charge in [-0.05, 0) is 17.7 Å². The molecule has 0 atom stereocenters. The first-order chi connectivity index (χ1) is 13.2. The fourth-order valence-electron chi connectivity index (χ4n) is 2.71. The number of hydrogen-bond acceptors (Lipinski definition) is 6. The Balaban J connectivity index is 1.61. The van der Waals surface area contributed by atoms with Crippen LogP contribution in [0.5, 0.6) is 0 Å². The van der Waals surface area contributed by atoms with Gasteiger partial charge in [-0.25, -0.2) is 13.4 Å². The second-order valence-corrected chi connectivity index (χ2v) is 10.6. The summed E-state index contributed by atoms with van der Waals surface area (Å²) in [7, 11) is -3.50. The van der Waals surface area contributed by atoms with E-state index >= 15 is 0 Å². The SMILES string of the molecule is CC(C)(C)c1ncc(C(=O)NCc2ccc(S(=O)(=O)N3CCOCC3)cc2)s1. The molecule has 9 heteroatoms. The zero-order valence-electron chi connectivity index (χ0n) is 16.3. The van der Waals surface area contributed by atoms with Crippen LogP contribution in [0.4, 0.5) is 0 Å². The maximum absolute atomic E-state index is 12.6. The molecule has 1 aliphatic rings. The molecule has 2 aromatic rings. The van der Waals surface area contributed by atoms with Gasteiger partial charge in [-0.15, -0.1) is 11.3 Å². The van der Waals surface area contributed by atoms with E-state index in [0.29, 0.717) is 37.7 Å². The van der Waals surface area contributed by atoms with Crippen LogP contribution in [0.25, 0.3) is 0 Å². The van der Waals surface area contributed by atoms with E-state index in [4.69, 9.17) is 4.74 Å². The molecule has 1 aromatic heterocycles. The second kappa shape index (κ2) is 8.28. The molecule has 7 nitrogen and oxygen atoms in total. The summed E-state index contributed by atoms with van der Waals surface area (Å²) in [6.45, 7) is 8.05. The topological polar surface area (TPSA) is 88.6 Å². The van der Waals surface area contributed by atoms with E-state index in [1.165, 1.54) is 15.6 Å². The van der Waals surface area contributed by atoms with Crippen LogP contribution in [-0.2, 0) is 26.7 Å². The lowest BCUT2D eigenvalue weighted by Gasteiger charge is -2.26. The molecule has 1 saturated heterocycles. The number of rotatable bonds is 5. The maximum atomic E-state index is 12.6. The molecule has 2 heterocycles. The van der Waals surface area contributed by atoms with Crippen molar-refractivity contribution in [2.45, 2.75) is 37.6 Å². The minimum atomic E-state index is -3.50. The number of ether oxygens (including phenoxy) is 1. The lowest BCUT2D eigenvalue weighted by atomic mass is 9.98. The van der Waals surface area contributed by atoms with Gasteiger partial charge in [-0.1, -0.05) is 32.9 Å². The molecule has 28 heavy (non-hydrogen) atoms. The Hall–Kier alpha value is -1.81. The van der Waals surface area contributed by atoms with Crippen molar-refractivity contribution in [1.82, 2.24) is 14.6 Å². The molecule has 0 unspecified atom stereocenters. The average Bonchev–Trinajstić information content (AvgIpc) is 3.18. The van der Waals surface area contributed by atoms with Gasteiger partial charge in [0.2, 0.25) is 10.0 Å². The molecular weight excluding hydrogens is 398 g/mol. The number of carbonyl (C=O) groups is 1. The van der Waals surface area contributed by atoms with Crippen LogP contribution in [0.3, 0.4) is 0 Å². The molecular formula is C19H25N3O4S2. The van der Waals surface area contributed by atoms with Crippen molar-refractivity contribution in [2.24, 2.45) is 0 Å². The Morgan fingerprint density at radius 2 is 1.86 bits per heavy atom. The minimum Gasteiger partial charge on any atom is -0.379 e. The first-order valence-electron chi connectivity index (χ1n) is 9.09. The van der Waals surface area contributed by atoms with E-state index in [-0.39, 0.29) is 16.2 Å². The van der Waals surface area contributed by atoms with Gasteiger partial charge in [0.05, 0.1) is 29.3 Å². The number of amides is 1. The van der Waals surface area contributed by atoms with Crippen LogP contribution in [0.15, 0.2) is 35.4 Å². The second-order valence-electron chi connectivity index (χ2n) is 7.62. The van der Waals surface area contributed by atoms with Crippen LogP contribution in [0.1, 0.15) is 41.0 Å². The maximum Gasteiger partial charge on any atom is 0.263 e. The van der Waals surface area contributed by atoms with Crippen molar-refractivity contribution in [1.29, 1.82) is 0 Å². The number of carbonyl (C=O) groups excluding carboxylic acids is 1. The molecule has 3 rings (SSSR count). The highest BCUT2D eigenvalue weighted by atomic mass is 32.2. The number of benzene rings is 1. The number of morpholine rings is 1. The van der Waals surface area contributed by atoms with E-state index in [9.17, 15) is 13.2 Å². The van der Waals surface area contributed by atoms with Crippen LogP contribution < -0.4 is 5.32 Å². The van der Waals surface area contributed by atoms with Crippen molar-refractivity contribution < 1.29 is 17.9 Å². The van der Waals surface area contributed by atoms with E-state index in [1.54, 1.807) is 30.5 Å². The van der Waals surface area contributed by atoms with Gasteiger partial charge in [-0.3, -0.25) is 4.79 Å². The molecule has 1 amide bonds. The van der Waals surface area contributed by atoms with Gasteiger partial charge < -0.3 is 10.1 Å². The van der Waals surface area contributed by atoms with Crippen LogP contribution in [0, 0.1) is 0 Å². The Kier molecular flexibility index (Phi) is 6.18. The summed E-state index contributed by atoms with van der Waals surface area (Å²) in [5, 5.41) is 3.77. The molecule has 0 aliphatic carbocycles. The lowest BCUT2D eigenvalue weighted by molar-refractivity contribution is 0.0730. The van der Waals surface area contributed by atoms with Gasteiger partial charge >= 0.3 is 0 Å². The smallest absolute Gasteiger partial charge is 0.263 e.